The Labute approximate surface area is 133 Å². The fraction of sp³-hybridized carbons (Fsp3) is 0.176. The van der Waals surface area contributed by atoms with E-state index in [2.05, 4.69) is 18.3 Å². The summed E-state index contributed by atoms with van der Waals surface area (Å²) in [6.45, 7) is 2.88. The first-order valence-electron chi connectivity index (χ1n) is 6.85. The van der Waals surface area contributed by atoms with Crippen LogP contribution in [0.4, 0.5) is 0 Å². The number of benzene rings is 2. The molecule has 0 radical (unpaired) electrons. The maximum Gasteiger partial charge on any atom is 0.134 e. The summed E-state index contributed by atoms with van der Waals surface area (Å²) >= 11 is 12.5. The number of nitrogens with one attached hydrogen (secondary N) is 1. The van der Waals surface area contributed by atoms with Gasteiger partial charge in [-0.3, -0.25) is 0 Å². The number of furan rings is 1. The first kappa shape index (κ1) is 14.5. The van der Waals surface area contributed by atoms with Gasteiger partial charge in [-0.25, -0.2) is 0 Å². The molecule has 2 nitrogen and oxygen atoms in total. The van der Waals surface area contributed by atoms with E-state index in [-0.39, 0.29) is 6.04 Å². The van der Waals surface area contributed by atoms with Crippen LogP contribution in [0.25, 0.3) is 11.0 Å². The van der Waals surface area contributed by atoms with Gasteiger partial charge >= 0.3 is 0 Å². The Bertz CT molecular complexity index is 766. The van der Waals surface area contributed by atoms with Crippen LogP contribution in [0.2, 0.25) is 10.0 Å². The van der Waals surface area contributed by atoms with Crippen LogP contribution in [0.1, 0.15) is 24.1 Å². The minimum absolute atomic E-state index is 0.0511. The summed E-state index contributed by atoms with van der Waals surface area (Å²) in [5, 5.41) is 5.68. The Kier molecular flexibility index (Phi) is 4.20. The molecular formula is C17H15Cl2NO. The SMILES string of the molecule is CCNC(c1cccc(Cl)c1Cl)c1coc2ccccc12. The van der Waals surface area contributed by atoms with Crippen LogP contribution < -0.4 is 5.32 Å². The second-order valence-electron chi connectivity index (χ2n) is 4.82. The monoisotopic (exact) mass is 319 g/mol. The summed E-state index contributed by atoms with van der Waals surface area (Å²) in [6, 6.07) is 13.6. The van der Waals surface area contributed by atoms with Crippen LogP contribution >= 0.6 is 23.2 Å². The van der Waals surface area contributed by atoms with Crippen LogP contribution in [0.3, 0.4) is 0 Å². The Morgan fingerprint density at radius 2 is 1.86 bits per heavy atom. The number of halogens is 2. The molecule has 0 saturated carbocycles. The molecule has 108 valence electrons. The van der Waals surface area contributed by atoms with Gasteiger partial charge in [0.1, 0.15) is 5.58 Å². The van der Waals surface area contributed by atoms with E-state index >= 15 is 0 Å². The minimum Gasteiger partial charge on any atom is -0.464 e. The van der Waals surface area contributed by atoms with E-state index in [1.807, 2.05) is 30.3 Å². The first-order chi connectivity index (χ1) is 10.2. The second-order valence-corrected chi connectivity index (χ2v) is 5.61. The maximum absolute atomic E-state index is 6.39. The van der Waals surface area contributed by atoms with Gasteiger partial charge in [0.25, 0.3) is 0 Å². The maximum atomic E-state index is 6.39. The zero-order valence-electron chi connectivity index (χ0n) is 11.6. The van der Waals surface area contributed by atoms with E-state index in [0.29, 0.717) is 10.0 Å². The molecule has 0 aliphatic rings. The lowest BCUT2D eigenvalue weighted by Gasteiger charge is -2.19. The average Bonchev–Trinajstić information content (AvgIpc) is 2.92. The summed E-state index contributed by atoms with van der Waals surface area (Å²) in [5.41, 5.74) is 2.89. The molecule has 0 bridgehead atoms. The van der Waals surface area contributed by atoms with Crippen molar-refractivity contribution in [3.63, 3.8) is 0 Å². The van der Waals surface area contributed by atoms with Gasteiger partial charge in [0.15, 0.2) is 0 Å². The zero-order valence-corrected chi connectivity index (χ0v) is 13.1. The molecule has 0 fully saturated rings. The lowest BCUT2D eigenvalue weighted by Crippen LogP contribution is -2.22. The molecule has 1 aromatic heterocycles. The predicted octanol–water partition coefficient (Wildman–Crippen LogP) is 5.44. The largest absolute Gasteiger partial charge is 0.464 e. The van der Waals surface area contributed by atoms with Crippen LogP contribution in [0, 0.1) is 0 Å². The highest BCUT2D eigenvalue weighted by molar-refractivity contribution is 6.42. The topological polar surface area (TPSA) is 25.2 Å². The van der Waals surface area contributed by atoms with Gasteiger partial charge in [0.2, 0.25) is 0 Å². The Morgan fingerprint density at radius 3 is 2.67 bits per heavy atom. The van der Waals surface area contributed by atoms with Crippen molar-refractivity contribution in [1.82, 2.24) is 5.32 Å². The van der Waals surface area contributed by atoms with Gasteiger partial charge in [-0.2, -0.15) is 0 Å². The molecule has 0 spiro atoms. The molecule has 0 aliphatic heterocycles. The molecule has 4 heteroatoms. The molecule has 1 heterocycles. The Balaban J connectivity index is 2.16. The Morgan fingerprint density at radius 1 is 1.05 bits per heavy atom. The number of hydrogen-bond donors (Lipinski definition) is 1. The molecule has 2 aromatic carbocycles. The number of para-hydroxylation sites is 1. The van der Waals surface area contributed by atoms with Gasteiger partial charge in [-0.1, -0.05) is 60.5 Å². The molecule has 0 aliphatic carbocycles. The van der Waals surface area contributed by atoms with Crippen molar-refractivity contribution >= 4 is 34.2 Å². The number of fused-ring (bicyclic) bond motifs is 1. The lowest BCUT2D eigenvalue weighted by molar-refractivity contribution is 0.585. The fourth-order valence-electron chi connectivity index (χ4n) is 2.56. The first-order valence-corrected chi connectivity index (χ1v) is 7.61. The van der Waals surface area contributed by atoms with Gasteiger partial charge in [-0.15, -0.1) is 0 Å². The summed E-state index contributed by atoms with van der Waals surface area (Å²) in [4.78, 5) is 0. The quantitative estimate of drug-likeness (QED) is 0.692. The summed E-state index contributed by atoms with van der Waals surface area (Å²) in [7, 11) is 0. The van der Waals surface area contributed by atoms with E-state index < -0.39 is 0 Å². The van der Waals surface area contributed by atoms with Crippen LogP contribution in [0.15, 0.2) is 53.1 Å². The fourth-order valence-corrected chi connectivity index (χ4v) is 2.97. The van der Waals surface area contributed by atoms with E-state index in [4.69, 9.17) is 27.6 Å². The molecule has 1 unspecified atom stereocenters. The molecule has 1 atom stereocenters. The van der Waals surface area contributed by atoms with Crippen molar-refractivity contribution in [1.29, 1.82) is 0 Å². The highest BCUT2D eigenvalue weighted by atomic mass is 35.5. The summed E-state index contributed by atoms with van der Waals surface area (Å²) < 4.78 is 5.65. The highest BCUT2D eigenvalue weighted by Crippen LogP contribution is 2.36. The van der Waals surface area contributed by atoms with E-state index in [0.717, 1.165) is 28.6 Å². The van der Waals surface area contributed by atoms with E-state index in [1.165, 1.54) is 0 Å². The van der Waals surface area contributed by atoms with Crippen molar-refractivity contribution in [2.24, 2.45) is 0 Å². The number of hydrogen-bond acceptors (Lipinski definition) is 2. The molecule has 3 aromatic rings. The van der Waals surface area contributed by atoms with Gasteiger partial charge in [0, 0.05) is 10.9 Å². The molecule has 0 amide bonds. The van der Waals surface area contributed by atoms with E-state index in [1.54, 1.807) is 12.3 Å². The third-order valence-corrected chi connectivity index (χ3v) is 4.36. The highest BCUT2D eigenvalue weighted by Gasteiger charge is 2.21. The lowest BCUT2D eigenvalue weighted by atomic mass is 9.98. The molecule has 3 rings (SSSR count). The van der Waals surface area contributed by atoms with Crippen molar-refractivity contribution < 1.29 is 4.42 Å². The van der Waals surface area contributed by atoms with Crippen molar-refractivity contribution in [2.75, 3.05) is 6.54 Å². The average molecular weight is 320 g/mol. The second kappa shape index (κ2) is 6.10. The molecule has 0 saturated heterocycles. The van der Waals surface area contributed by atoms with Crippen LogP contribution in [-0.2, 0) is 0 Å². The van der Waals surface area contributed by atoms with Gasteiger partial charge in [-0.05, 0) is 24.2 Å². The van der Waals surface area contributed by atoms with Crippen molar-refractivity contribution in [3.8, 4) is 0 Å². The Hall–Kier alpha value is -1.48. The number of rotatable bonds is 4. The smallest absolute Gasteiger partial charge is 0.134 e. The van der Waals surface area contributed by atoms with Gasteiger partial charge < -0.3 is 9.73 Å². The standard InChI is InChI=1S/C17H15Cl2NO/c1-2-20-17(12-7-5-8-14(18)16(12)19)13-10-21-15-9-4-3-6-11(13)15/h3-10,17,20H,2H2,1H3. The predicted molar refractivity (Wildman–Crippen MR) is 88.2 cm³/mol. The zero-order chi connectivity index (χ0) is 14.8. The normalized spacial score (nSPS) is 12.7. The molecular weight excluding hydrogens is 305 g/mol. The van der Waals surface area contributed by atoms with Crippen LogP contribution in [0.5, 0.6) is 0 Å². The van der Waals surface area contributed by atoms with Gasteiger partial charge in [0.05, 0.1) is 22.4 Å². The summed E-state index contributed by atoms with van der Waals surface area (Å²) in [6.07, 6.45) is 1.79. The van der Waals surface area contributed by atoms with Crippen molar-refractivity contribution in [2.45, 2.75) is 13.0 Å². The third-order valence-electron chi connectivity index (χ3n) is 3.52. The van der Waals surface area contributed by atoms with E-state index in [9.17, 15) is 0 Å². The molecule has 1 N–H and O–H groups in total. The summed E-state index contributed by atoms with van der Waals surface area (Å²) in [5.74, 6) is 0. The van der Waals surface area contributed by atoms with Crippen molar-refractivity contribution in [3.05, 3.63) is 69.9 Å². The molecule has 21 heavy (non-hydrogen) atoms. The third kappa shape index (κ3) is 2.67. The minimum atomic E-state index is -0.0511. The van der Waals surface area contributed by atoms with Crippen LogP contribution in [-0.4, -0.2) is 6.54 Å².